The molecule has 1 aromatic carbocycles. The number of ether oxygens (including phenoxy) is 2. The Labute approximate surface area is 135 Å². The summed E-state index contributed by atoms with van der Waals surface area (Å²) in [5, 5.41) is 0. The van der Waals surface area contributed by atoms with Crippen molar-refractivity contribution in [3.05, 3.63) is 29.3 Å². The Morgan fingerprint density at radius 2 is 1.91 bits per heavy atom. The van der Waals surface area contributed by atoms with Gasteiger partial charge < -0.3 is 9.47 Å². The van der Waals surface area contributed by atoms with Gasteiger partial charge in [-0.3, -0.25) is 4.79 Å². The van der Waals surface area contributed by atoms with Gasteiger partial charge in [0.25, 0.3) is 0 Å². The van der Waals surface area contributed by atoms with Crippen LogP contribution in [0.2, 0.25) is 0 Å². The van der Waals surface area contributed by atoms with Gasteiger partial charge >= 0.3 is 5.97 Å². The summed E-state index contributed by atoms with van der Waals surface area (Å²) in [5.74, 6) is -1.01. The molecule has 0 saturated carbocycles. The maximum absolute atomic E-state index is 12.7. The molecule has 0 bridgehead atoms. The summed E-state index contributed by atoms with van der Waals surface area (Å²) < 4.78 is 36.8. The Morgan fingerprint density at radius 3 is 2.52 bits per heavy atom. The van der Waals surface area contributed by atoms with Crippen LogP contribution in [0.5, 0.6) is 0 Å². The summed E-state index contributed by atoms with van der Waals surface area (Å²) in [7, 11) is -3.70. The zero-order valence-corrected chi connectivity index (χ0v) is 13.9. The second-order valence-electron chi connectivity index (χ2n) is 5.27. The van der Waals surface area contributed by atoms with Crippen molar-refractivity contribution in [1.82, 2.24) is 4.31 Å². The average molecular weight is 341 g/mol. The first-order valence-corrected chi connectivity index (χ1v) is 8.61. The van der Waals surface area contributed by atoms with Gasteiger partial charge in [-0.2, -0.15) is 4.31 Å². The number of morpholine rings is 1. The number of esters is 1. The van der Waals surface area contributed by atoms with E-state index in [4.69, 9.17) is 9.47 Å². The molecule has 1 aliphatic rings. The molecule has 1 aliphatic heterocycles. The van der Waals surface area contributed by atoms with Crippen LogP contribution in [0.4, 0.5) is 0 Å². The predicted molar refractivity (Wildman–Crippen MR) is 81.7 cm³/mol. The van der Waals surface area contributed by atoms with E-state index in [1.54, 1.807) is 13.0 Å². The summed E-state index contributed by atoms with van der Waals surface area (Å²) in [6.45, 7) is 3.88. The van der Waals surface area contributed by atoms with E-state index < -0.39 is 16.0 Å². The Bertz CT molecular complexity index is 707. The normalized spacial score (nSPS) is 16.1. The Morgan fingerprint density at radius 1 is 1.26 bits per heavy atom. The van der Waals surface area contributed by atoms with Gasteiger partial charge in [0.1, 0.15) is 6.61 Å². The van der Waals surface area contributed by atoms with Gasteiger partial charge in [0.15, 0.2) is 5.78 Å². The minimum Gasteiger partial charge on any atom is -0.454 e. The maximum atomic E-state index is 12.7. The van der Waals surface area contributed by atoms with Crippen LogP contribution in [0.25, 0.3) is 0 Å². The number of carbonyl (C=O) groups excluding carboxylic acids is 2. The van der Waals surface area contributed by atoms with Crippen molar-refractivity contribution in [2.45, 2.75) is 18.7 Å². The van der Waals surface area contributed by atoms with Crippen molar-refractivity contribution in [2.75, 3.05) is 32.9 Å². The van der Waals surface area contributed by atoms with Crippen LogP contribution in [-0.2, 0) is 24.3 Å². The van der Waals surface area contributed by atoms with Gasteiger partial charge in [0, 0.05) is 13.1 Å². The predicted octanol–water partition coefficient (Wildman–Crippen LogP) is 0.762. The summed E-state index contributed by atoms with van der Waals surface area (Å²) >= 11 is 0. The van der Waals surface area contributed by atoms with E-state index in [0.717, 1.165) is 0 Å². The zero-order valence-electron chi connectivity index (χ0n) is 13.1. The summed E-state index contributed by atoms with van der Waals surface area (Å²) in [5.41, 5.74) is 0.642. The fourth-order valence-corrected chi connectivity index (χ4v) is 3.84. The maximum Gasteiger partial charge on any atom is 0.338 e. The lowest BCUT2D eigenvalue weighted by Crippen LogP contribution is -2.40. The Hall–Kier alpha value is -1.77. The number of hydrogen-bond donors (Lipinski definition) is 0. The first kappa shape index (κ1) is 17.6. The highest BCUT2D eigenvalue weighted by Crippen LogP contribution is 2.22. The van der Waals surface area contributed by atoms with Crippen LogP contribution >= 0.6 is 0 Å². The number of hydrogen-bond acceptors (Lipinski definition) is 6. The molecule has 1 saturated heterocycles. The van der Waals surface area contributed by atoms with Crippen molar-refractivity contribution >= 4 is 21.8 Å². The molecule has 0 radical (unpaired) electrons. The Kier molecular flexibility index (Phi) is 5.51. The highest BCUT2D eigenvalue weighted by molar-refractivity contribution is 7.89. The minimum atomic E-state index is -3.70. The van der Waals surface area contributed by atoms with Crippen LogP contribution in [0.15, 0.2) is 23.1 Å². The standard InChI is InChI=1S/C15H19NO6S/c1-11-3-4-13(15(18)22-10-12(2)17)9-14(11)23(19,20)16-5-7-21-8-6-16/h3-4,9H,5-8,10H2,1-2H3. The number of benzene rings is 1. The first-order chi connectivity index (χ1) is 10.8. The van der Waals surface area contributed by atoms with Crippen molar-refractivity contribution in [3.8, 4) is 0 Å². The lowest BCUT2D eigenvalue weighted by molar-refractivity contribution is -0.120. The average Bonchev–Trinajstić information content (AvgIpc) is 2.53. The van der Waals surface area contributed by atoms with E-state index in [1.165, 1.54) is 23.4 Å². The second kappa shape index (κ2) is 7.20. The summed E-state index contributed by atoms with van der Waals surface area (Å²) in [4.78, 5) is 22.9. The molecule has 23 heavy (non-hydrogen) atoms. The van der Waals surface area contributed by atoms with Crippen LogP contribution in [-0.4, -0.2) is 57.4 Å². The van der Waals surface area contributed by atoms with E-state index in [1.807, 2.05) is 0 Å². The van der Waals surface area contributed by atoms with E-state index in [0.29, 0.717) is 18.8 Å². The quantitative estimate of drug-likeness (QED) is 0.735. The second-order valence-corrected chi connectivity index (χ2v) is 7.18. The fourth-order valence-electron chi connectivity index (χ4n) is 2.18. The van der Waals surface area contributed by atoms with Gasteiger partial charge in [0.2, 0.25) is 10.0 Å². The van der Waals surface area contributed by atoms with Crippen LogP contribution in [0.1, 0.15) is 22.8 Å². The molecule has 0 unspecified atom stereocenters. The molecule has 0 atom stereocenters. The SMILES string of the molecule is CC(=O)COC(=O)c1ccc(C)c(S(=O)(=O)N2CCOCC2)c1. The third kappa shape index (κ3) is 4.15. The molecular formula is C15H19NO6S. The van der Waals surface area contributed by atoms with E-state index in [-0.39, 0.29) is 35.9 Å². The minimum absolute atomic E-state index is 0.0664. The first-order valence-electron chi connectivity index (χ1n) is 7.17. The molecule has 0 spiro atoms. The molecule has 0 aliphatic carbocycles. The fraction of sp³-hybridized carbons (Fsp3) is 0.467. The highest BCUT2D eigenvalue weighted by Gasteiger charge is 2.28. The lowest BCUT2D eigenvalue weighted by atomic mass is 10.1. The molecule has 0 amide bonds. The number of carbonyl (C=O) groups is 2. The molecule has 0 N–H and O–H groups in total. The molecular weight excluding hydrogens is 322 g/mol. The molecule has 126 valence electrons. The third-order valence-corrected chi connectivity index (χ3v) is 5.46. The van der Waals surface area contributed by atoms with Gasteiger partial charge in [-0.25, -0.2) is 13.2 Å². The number of Topliss-reactive ketones (excluding diaryl/α,β-unsaturated/α-hetero) is 1. The molecule has 2 rings (SSSR count). The van der Waals surface area contributed by atoms with Gasteiger partial charge in [0.05, 0.1) is 23.7 Å². The molecule has 1 aromatic rings. The van der Waals surface area contributed by atoms with Crippen molar-refractivity contribution < 1.29 is 27.5 Å². The van der Waals surface area contributed by atoms with Crippen molar-refractivity contribution in [3.63, 3.8) is 0 Å². The number of ketones is 1. The zero-order chi connectivity index (χ0) is 17.0. The van der Waals surface area contributed by atoms with Crippen LogP contribution < -0.4 is 0 Å². The van der Waals surface area contributed by atoms with Gasteiger partial charge in [-0.05, 0) is 31.5 Å². The molecule has 7 nitrogen and oxygen atoms in total. The third-order valence-electron chi connectivity index (χ3n) is 3.42. The van der Waals surface area contributed by atoms with Crippen LogP contribution in [0.3, 0.4) is 0 Å². The smallest absolute Gasteiger partial charge is 0.338 e. The van der Waals surface area contributed by atoms with Crippen LogP contribution in [0, 0.1) is 6.92 Å². The molecule has 0 aromatic heterocycles. The monoisotopic (exact) mass is 341 g/mol. The highest BCUT2D eigenvalue weighted by atomic mass is 32.2. The number of sulfonamides is 1. The lowest BCUT2D eigenvalue weighted by Gasteiger charge is -2.26. The van der Waals surface area contributed by atoms with Crippen molar-refractivity contribution in [1.29, 1.82) is 0 Å². The Balaban J connectivity index is 2.29. The number of aryl methyl sites for hydroxylation is 1. The van der Waals surface area contributed by atoms with Gasteiger partial charge in [-0.15, -0.1) is 0 Å². The topological polar surface area (TPSA) is 90.0 Å². The molecule has 8 heteroatoms. The van der Waals surface area contributed by atoms with Crippen molar-refractivity contribution in [2.24, 2.45) is 0 Å². The number of rotatable bonds is 5. The summed E-state index contributed by atoms with van der Waals surface area (Å²) in [6.07, 6.45) is 0. The van der Waals surface area contributed by atoms with E-state index >= 15 is 0 Å². The largest absolute Gasteiger partial charge is 0.454 e. The van der Waals surface area contributed by atoms with Gasteiger partial charge in [-0.1, -0.05) is 6.07 Å². The van der Waals surface area contributed by atoms with E-state index in [2.05, 4.69) is 0 Å². The summed E-state index contributed by atoms with van der Waals surface area (Å²) in [6, 6.07) is 4.33. The number of nitrogens with zero attached hydrogens (tertiary/aromatic N) is 1. The van der Waals surface area contributed by atoms with E-state index in [9.17, 15) is 18.0 Å². The molecule has 1 heterocycles. The molecule has 1 fully saturated rings.